The van der Waals surface area contributed by atoms with Crippen LogP contribution in [0.2, 0.25) is 0 Å². The minimum absolute atomic E-state index is 0.103. The lowest BCUT2D eigenvalue weighted by molar-refractivity contribution is -0.123. The molecule has 2 rings (SSSR count). The average Bonchev–Trinajstić information content (AvgIpc) is 2.89. The highest BCUT2D eigenvalue weighted by atomic mass is 16.2. The van der Waals surface area contributed by atoms with Crippen molar-refractivity contribution in [2.24, 2.45) is 24.6 Å². The molecule has 0 radical (unpaired) electrons. The molecule has 5 heteroatoms. The molecule has 1 amide bonds. The van der Waals surface area contributed by atoms with Gasteiger partial charge in [-0.1, -0.05) is 13.8 Å². The van der Waals surface area contributed by atoms with Gasteiger partial charge < -0.3 is 11.1 Å². The van der Waals surface area contributed by atoms with E-state index in [0.717, 1.165) is 12.0 Å². The van der Waals surface area contributed by atoms with Gasteiger partial charge in [0.25, 0.3) is 0 Å². The standard InChI is InChI=1S/C13H22N4O/c1-8-4-5-11(9(8)2)16-13(18)12(14)10-6-15-17(3)7-10/h6-9,11-12H,4-5,14H2,1-3H3,(H,16,18). The number of hydrogen-bond acceptors (Lipinski definition) is 3. The summed E-state index contributed by atoms with van der Waals surface area (Å²) < 4.78 is 1.66. The van der Waals surface area contributed by atoms with E-state index >= 15 is 0 Å². The molecule has 5 nitrogen and oxygen atoms in total. The number of nitrogens with one attached hydrogen (secondary N) is 1. The summed E-state index contributed by atoms with van der Waals surface area (Å²) in [5.41, 5.74) is 6.70. The van der Waals surface area contributed by atoms with Gasteiger partial charge in [0, 0.05) is 24.8 Å². The van der Waals surface area contributed by atoms with Gasteiger partial charge in [-0.25, -0.2) is 0 Å². The SMILES string of the molecule is CC1CCC(NC(=O)C(N)c2cnn(C)c2)C1C. The smallest absolute Gasteiger partial charge is 0.241 e. The molecule has 1 aromatic heterocycles. The maximum absolute atomic E-state index is 12.1. The Morgan fingerprint density at radius 1 is 1.56 bits per heavy atom. The van der Waals surface area contributed by atoms with Crippen molar-refractivity contribution in [1.82, 2.24) is 15.1 Å². The molecule has 0 bridgehead atoms. The molecule has 1 fully saturated rings. The number of hydrogen-bond donors (Lipinski definition) is 2. The third-order valence-corrected chi connectivity index (χ3v) is 4.16. The van der Waals surface area contributed by atoms with E-state index in [-0.39, 0.29) is 11.9 Å². The Balaban J connectivity index is 1.96. The third-order valence-electron chi connectivity index (χ3n) is 4.16. The van der Waals surface area contributed by atoms with Crippen molar-refractivity contribution in [3.05, 3.63) is 18.0 Å². The minimum Gasteiger partial charge on any atom is -0.351 e. The Morgan fingerprint density at radius 3 is 2.78 bits per heavy atom. The van der Waals surface area contributed by atoms with Gasteiger partial charge in [-0.05, 0) is 24.7 Å². The first-order valence-electron chi connectivity index (χ1n) is 6.53. The Labute approximate surface area is 108 Å². The maximum atomic E-state index is 12.1. The van der Waals surface area contributed by atoms with E-state index in [0.29, 0.717) is 11.8 Å². The molecular weight excluding hydrogens is 228 g/mol. The van der Waals surface area contributed by atoms with Gasteiger partial charge in [-0.15, -0.1) is 0 Å². The molecule has 4 atom stereocenters. The van der Waals surface area contributed by atoms with Crippen LogP contribution in [0.15, 0.2) is 12.4 Å². The Morgan fingerprint density at radius 2 is 2.28 bits per heavy atom. The van der Waals surface area contributed by atoms with E-state index in [2.05, 4.69) is 24.3 Å². The van der Waals surface area contributed by atoms with Crippen LogP contribution in [0.3, 0.4) is 0 Å². The van der Waals surface area contributed by atoms with Gasteiger partial charge in [0.1, 0.15) is 6.04 Å². The fourth-order valence-corrected chi connectivity index (χ4v) is 2.59. The normalized spacial score (nSPS) is 29.2. The van der Waals surface area contributed by atoms with Gasteiger partial charge in [0.05, 0.1) is 6.20 Å². The first-order valence-corrected chi connectivity index (χ1v) is 6.53. The quantitative estimate of drug-likeness (QED) is 0.839. The summed E-state index contributed by atoms with van der Waals surface area (Å²) in [6.07, 6.45) is 5.65. The van der Waals surface area contributed by atoms with Crippen molar-refractivity contribution < 1.29 is 4.79 Å². The molecule has 18 heavy (non-hydrogen) atoms. The highest BCUT2D eigenvalue weighted by Crippen LogP contribution is 2.31. The van der Waals surface area contributed by atoms with Crippen LogP contribution in [0.4, 0.5) is 0 Å². The molecule has 0 spiro atoms. The van der Waals surface area contributed by atoms with Gasteiger partial charge in [0.15, 0.2) is 0 Å². The molecule has 1 aromatic rings. The molecule has 1 aliphatic rings. The maximum Gasteiger partial charge on any atom is 0.241 e. The van der Waals surface area contributed by atoms with Crippen molar-refractivity contribution >= 4 is 5.91 Å². The molecule has 1 saturated carbocycles. The fourth-order valence-electron chi connectivity index (χ4n) is 2.59. The van der Waals surface area contributed by atoms with E-state index in [1.54, 1.807) is 17.1 Å². The van der Waals surface area contributed by atoms with Crippen LogP contribution in [0.25, 0.3) is 0 Å². The molecular formula is C13H22N4O. The lowest BCUT2D eigenvalue weighted by atomic mass is 9.97. The van der Waals surface area contributed by atoms with Crippen molar-refractivity contribution in [1.29, 1.82) is 0 Å². The molecule has 0 aromatic carbocycles. The van der Waals surface area contributed by atoms with Gasteiger partial charge in [-0.2, -0.15) is 5.10 Å². The van der Waals surface area contributed by atoms with Gasteiger partial charge in [0.2, 0.25) is 5.91 Å². The van der Waals surface area contributed by atoms with E-state index in [1.165, 1.54) is 6.42 Å². The van der Waals surface area contributed by atoms with Crippen LogP contribution in [0.5, 0.6) is 0 Å². The van der Waals surface area contributed by atoms with E-state index in [4.69, 9.17) is 5.73 Å². The molecule has 0 aliphatic heterocycles. The van der Waals surface area contributed by atoms with Crippen molar-refractivity contribution in [3.63, 3.8) is 0 Å². The van der Waals surface area contributed by atoms with Crippen LogP contribution >= 0.6 is 0 Å². The monoisotopic (exact) mass is 250 g/mol. The number of carbonyl (C=O) groups excluding carboxylic acids is 1. The lowest BCUT2D eigenvalue weighted by Crippen LogP contribution is -2.42. The van der Waals surface area contributed by atoms with E-state index < -0.39 is 6.04 Å². The number of nitrogens with two attached hydrogens (primary N) is 1. The van der Waals surface area contributed by atoms with Crippen LogP contribution in [0, 0.1) is 11.8 Å². The number of rotatable bonds is 3. The number of nitrogens with zero attached hydrogens (tertiary/aromatic N) is 2. The number of amides is 1. The Hall–Kier alpha value is -1.36. The van der Waals surface area contributed by atoms with Crippen molar-refractivity contribution in [2.45, 2.75) is 38.8 Å². The zero-order valence-corrected chi connectivity index (χ0v) is 11.3. The fraction of sp³-hybridized carbons (Fsp3) is 0.692. The summed E-state index contributed by atoms with van der Waals surface area (Å²) in [6, 6.07) is -0.364. The molecule has 3 N–H and O–H groups in total. The zero-order chi connectivity index (χ0) is 13.3. The van der Waals surface area contributed by atoms with Crippen LogP contribution in [-0.4, -0.2) is 21.7 Å². The predicted octanol–water partition coefficient (Wildman–Crippen LogP) is 0.971. The van der Waals surface area contributed by atoms with Crippen molar-refractivity contribution in [3.8, 4) is 0 Å². The van der Waals surface area contributed by atoms with Crippen LogP contribution in [-0.2, 0) is 11.8 Å². The second-order valence-corrected chi connectivity index (χ2v) is 5.45. The van der Waals surface area contributed by atoms with Gasteiger partial charge in [-0.3, -0.25) is 9.48 Å². The molecule has 100 valence electrons. The average molecular weight is 250 g/mol. The van der Waals surface area contributed by atoms with E-state index in [1.807, 2.05) is 7.05 Å². The summed E-state index contributed by atoms with van der Waals surface area (Å²) in [6.45, 7) is 4.43. The lowest BCUT2D eigenvalue weighted by Gasteiger charge is -2.21. The number of aryl methyl sites for hydroxylation is 1. The summed E-state index contributed by atoms with van der Waals surface area (Å²) in [5, 5.41) is 7.10. The first-order chi connectivity index (χ1) is 8.49. The zero-order valence-electron chi connectivity index (χ0n) is 11.3. The largest absolute Gasteiger partial charge is 0.351 e. The second kappa shape index (κ2) is 5.10. The van der Waals surface area contributed by atoms with Gasteiger partial charge >= 0.3 is 0 Å². The molecule has 1 heterocycles. The summed E-state index contributed by atoms with van der Waals surface area (Å²) in [7, 11) is 1.81. The number of aromatic nitrogens is 2. The first kappa shape index (κ1) is 13.1. The number of carbonyl (C=O) groups is 1. The highest BCUT2D eigenvalue weighted by molar-refractivity contribution is 5.83. The Kier molecular flexibility index (Phi) is 3.71. The van der Waals surface area contributed by atoms with Crippen LogP contribution in [0.1, 0.15) is 38.3 Å². The van der Waals surface area contributed by atoms with E-state index in [9.17, 15) is 4.79 Å². The van der Waals surface area contributed by atoms with Crippen LogP contribution < -0.4 is 11.1 Å². The molecule has 4 unspecified atom stereocenters. The highest BCUT2D eigenvalue weighted by Gasteiger charge is 2.32. The predicted molar refractivity (Wildman–Crippen MR) is 69.6 cm³/mol. The second-order valence-electron chi connectivity index (χ2n) is 5.45. The molecule has 0 saturated heterocycles. The van der Waals surface area contributed by atoms with Crippen molar-refractivity contribution in [2.75, 3.05) is 0 Å². The third kappa shape index (κ3) is 2.56. The topological polar surface area (TPSA) is 72.9 Å². The summed E-state index contributed by atoms with van der Waals surface area (Å²) in [5.74, 6) is 1.09. The molecule has 1 aliphatic carbocycles. The summed E-state index contributed by atoms with van der Waals surface area (Å²) in [4.78, 5) is 12.1. The minimum atomic E-state index is -0.623. The Bertz CT molecular complexity index is 428. The summed E-state index contributed by atoms with van der Waals surface area (Å²) >= 11 is 0.